The summed E-state index contributed by atoms with van der Waals surface area (Å²) in [7, 11) is 2.03. The maximum atomic E-state index is 4.27. The molecule has 0 radical (unpaired) electrons. The number of aromatic nitrogens is 2. The molecule has 4 heteroatoms. The summed E-state index contributed by atoms with van der Waals surface area (Å²) in [6, 6.07) is 2.77. The third kappa shape index (κ3) is 3.41. The first-order valence-corrected chi connectivity index (χ1v) is 7.91. The van der Waals surface area contributed by atoms with E-state index < -0.39 is 0 Å². The minimum Gasteiger partial charge on any atom is -0.309 e. The van der Waals surface area contributed by atoms with E-state index in [-0.39, 0.29) is 5.54 Å². The lowest BCUT2D eigenvalue weighted by atomic mass is 9.90. The van der Waals surface area contributed by atoms with Gasteiger partial charge in [0.15, 0.2) is 0 Å². The van der Waals surface area contributed by atoms with Crippen molar-refractivity contribution < 1.29 is 0 Å². The van der Waals surface area contributed by atoms with Crippen molar-refractivity contribution in [2.24, 2.45) is 13.0 Å². The molecule has 1 fully saturated rings. The van der Waals surface area contributed by atoms with Crippen LogP contribution in [-0.2, 0) is 13.5 Å². The highest BCUT2D eigenvalue weighted by molar-refractivity contribution is 5.02. The molecule has 0 saturated carbocycles. The number of hydrogen-bond acceptors (Lipinski definition) is 3. The first kappa shape index (κ1) is 15.5. The third-order valence-electron chi connectivity index (χ3n) is 4.89. The minimum atomic E-state index is 0.262. The van der Waals surface area contributed by atoms with E-state index in [1.54, 1.807) is 0 Å². The lowest BCUT2D eigenvalue weighted by Crippen LogP contribution is -2.64. The predicted octanol–water partition coefficient (Wildman–Crippen LogP) is 2.06. The van der Waals surface area contributed by atoms with E-state index in [1.807, 2.05) is 17.9 Å². The molecule has 4 nitrogen and oxygen atoms in total. The predicted molar refractivity (Wildman–Crippen MR) is 83.8 cm³/mol. The van der Waals surface area contributed by atoms with Gasteiger partial charge < -0.3 is 5.32 Å². The first-order chi connectivity index (χ1) is 9.45. The van der Waals surface area contributed by atoms with Crippen molar-refractivity contribution in [1.82, 2.24) is 20.0 Å². The van der Waals surface area contributed by atoms with Gasteiger partial charge in [0.1, 0.15) is 0 Å². The summed E-state index contributed by atoms with van der Waals surface area (Å²) in [5, 5.41) is 8.02. The summed E-state index contributed by atoms with van der Waals surface area (Å²) < 4.78 is 1.99. The van der Waals surface area contributed by atoms with Crippen molar-refractivity contribution in [1.29, 1.82) is 0 Å². The molecule has 0 amide bonds. The topological polar surface area (TPSA) is 33.1 Å². The molecular weight excluding hydrogens is 248 g/mol. The zero-order valence-corrected chi connectivity index (χ0v) is 13.7. The van der Waals surface area contributed by atoms with Crippen LogP contribution in [0.4, 0.5) is 0 Å². The number of nitrogens with one attached hydrogen (secondary N) is 1. The molecule has 1 saturated heterocycles. The molecule has 20 heavy (non-hydrogen) atoms. The molecule has 114 valence electrons. The smallest absolute Gasteiger partial charge is 0.0492 e. The normalized spacial score (nSPS) is 28.2. The van der Waals surface area contributed by atoms with E-state index in [4.69, 9.17) is 0 Å². The highest BCUT2D eigenvalue weighted by atomic mass is 15.3. The molecular formula is C16H30N4. The van der Waals surface area contributed by atoms with Crippen molar-refractivity contribution in [2.45, 2.75) is 52.1 Å². The van der Waals surface area contributed by atoms with Gasteiger partial charge in [-0.1, -0.05) is 20.8 Å². The average Bonchev–Trinajstić information content (AvgIpc) is 2.81. The Balaban J connectivity index is 2.02. The minimum absolute atomic E-state index is 0.262. The quantitative estimate of drug-likeness (QED) is 0.895. The van der Waals surface area contributed by atoms with Gasteiger partial charge >= 0.3 is 0 Å². The van der Waals surface area contributed by atoms with Gasteiger partial charge in [0.2, 0.25) is 0 Å². The van der Waals surface area contributed by atoms with Gasteiger partial charge in [-0.2, -0.15) is 5.10 Å². The molecule has 2 unspecified atom stereocenters. The van der Waals surface area contributed by atoms with Gasteiger partial charge in [-0.05, 0) is 25.3 Å². The van der Waals surface area contributed by atoms with Crippen LogP contribution in [0.5, 0.6) is 0 Å². The Hall–Kier alpha value is -0.870. The zero-order valence-electron chi connectivity index (χ0n) is 13.7. The van der Waals surface area contributed by atoms with E-state index in [0.717, 1.165) is 26.1 Å². The van der Waals surface area contributed by atoms with Gasteiger partial charge in [0, 0.05) is 56.6 Å². The lowest BCUT2D eigenvalue weighted by molar-refractivity contribution is 0.0610. The lowest BCUT2D eigenvalue weighted by Gasteiger charge is -2.47. The SMILES string of the molecule is CCC1(C)CN(CCc2ccnn2C)C(C(C)C)CN1. The Morgan fingerprint density at radius 1 is 1.50 bits per heavy atom. The molecule has 1 aliphatic rings. The number of hydrogen-bond donors (Lipinski definition) is 1. The summed E-state index contributed by atoms with van der Waals surface area (Å²) in [6.07, 6.45) is 4.16. The van der Waals surface area contributed by atoms with E-state index in [0.29, 0.717) is 12.0 Å². The highest BCUT2D eigenvalue weighted by Crippen LogP contribution is 2.23. The summed E-state index contributed by atoms with van der Waals surface area (Å²) in [4.78, 5) is 2.68. The number of nitrogens with zero attached hydrogens (tertiary/aromatic N) is 3. The van der Waals surface area contributed by atoms with Crippen LogP contribution in [-0.4, -0.2) is 45.9 Å². The van der Waals surface area contributed by atoms with Gasteiger partial charge in [-0.25, -0.2) is 0 Å². The maximum Gasteiger partial charge on any atom is 0.0492 e. The monoisotopic (exact) mass is 278 g/mol. The van der Waals surface area contributed by atoms with Crippen LogP contribution < -0.4 is 5.32 Å². The van der Waals surface area contributed by atoms with Crippen LogP contribution in [0.25, 0.3) is 0 Å². The van der Waals surface area contributed by atoms with Crippen LogP contribution in [0.2, 0.25) is 0 Å². The Morgan fingerprint density at radius 3 is 2.80 bits per heavy atom. The van der Waals surface area contributed by atoms with E-state index >= 15 is 0 Å². The van der Waals surface area contributed by atoms with E-state index in [2.05, 4.69) is 49.1 Å². The van der Waals surface area contributed by atoms with Crippen molar-refractivity contribution in [2.75, 3.05) is 19.6 Å². The molecule has 0 aliphatic carbocycles. The fourth-order valence-electron chi connectivity index (χ4n) is 3.15. The molecule has 2 rings (SSSR count). The van der Waals surface area contributed by atoms with Crippen LogP contribution >= 0.6 is 0 Å². The van der Waals surface area contributed by atoms with Gasteiger partial charge in [-0.3, -0.25) is 9.58 Å². The van der Waals surface area contributed by atoms with Crippen LogP contribution in [0, 0.1) is 5.92 Å². The molecule has 2 atom stereocenters. The fourth-order valence-corrected chi connectivity index (χ4v) is 3.15. The van der Waals surface area contributed by atoms with Crippen LogP contribution in [0.15, 0.2) is 12.3 Å². The summed E-state index contributed by atoms with van der Waals surface area (Å²) in [6.45, 7) is 12.7. The van der Waals surface area contributed by atoms with Crippen LogP contribution in [0.1, 0.15) is 39.8 Å². The molecule has 1 aromatic heterocycles. The molecule has 0 spiro atoms. The van der Waals surface area contributed by atoms with E-state index in [9.17, 15) is 0 Å². The van der Waals surface area contributed by atoms with Crippen molar-refractivity contribution >= 4 is 0 Å². The third-order valence-corrected chi connectivity index (χ3v) is 4.89. The Kier molecular flexibility index (Phi) is 4.86. The Bertz CT molecular complexity index is 426. The first-order valence-electron chi connectivity index (χ1n) is 7.91. The number of piperazine rings is 1. The highest BCUT2D eigenvalue weighted by Gasteiger charge is 2.35. The molecule has 1 N–H and O–H groups in total. The molecule has 1 aromatic rings. The summed E-state index contributed by atoms with van der Waals surface area (Å²) >= 11 is 0. The molecule has 1 aliphatic heterocycles. The number of aryl methyl sites for hydroxylation is 1. The van der Waals surface area contributed by atoms with Gasteiger partial charge in [0.05, 0.1) is 0 Å². The second-order valence-corrected chi connectivity index (χ2v) is 6.77. The second kappa shape index (κ2) is 6.27. The second-order valence-electron chi connectivity index (χ2n) is 6.77. The average molecular weight is 278 g/mol. The van der Waals surface area contributed by atoms with Gasteiger partial charge in [-0.15, -0.1) is 0 Å². The summed E-state index contributed by atoms with van der Waals surface area (Å²) in [5.74, 6) is 0.690. The standard InChI is InChI=1S/C16H30N4/c1-6-16(4)12-20(15(11-17-16)13(2)3)10-8-14-7-9-18-19(14)5/h7,9,13,15,17H,6,8,10-12H2,1-5H3. The molecule has 0 aromatic carbocycles. The van der Waals surface area contributed by atoms with Crippen molar-refractivity contribution in [3.8, 4) is 0 Å². The fraction of sp³-hybridized carbons (Fsp3) is 0.812. The Labute approximate surface area is 123 Å². The largest absolute Gasteiger partial charge is 0.309 e. The zero-order chi connectivity index (χ0) is 14.8. The molecule has 2 heterocycles. The maximum absolute atomic E-state index is 4.27. The van der Waals surface area contributed by atoms with Gasteiger partial charge in [0.25, 0.3) is 0 Å². The molecule has 0 bridgehead atoms. The number of rotatable bonds is 5. The Morgan fingerprint density at radius 2 is 2.25 bits per heavy atom. The van der Waals surface area contributed by atoms with Crippen LogP contribution in [0.3, 0.4) is 0 Å². The van der Waals surface area contributed by atoms with E-state index in [1.165, 1.54) is 12.1 Å². The van der Waals surface area contributed by atoms with Crippen molar-refractivity contribution in [3.63, 3.8) is 0 Å². The van der Waals surface area contributed by atoms with Crippen molar-refractivity contribution in [3.05, 3.63) is 18.0 Å². The summed E-state index contributed by atoms with van der Waals surface area (Å²) in [5.41, 5.74) is 1.59.